The third-order valence-corrected chi connectivity index (χ3v) is 3.63. The lowest BCUT2D eigenvalue weighted by Gasteiger charge is -1.97. The molecule has 0 unspecified atom stereocenters. The molecule has 0 bridgehead atoms. The Hall–Kier alpha value is -2.59. The SMILES string of the molecule is N=C(N)N.Nc1ncc2cc(Br)ccc2n1.O=Cc1cc(Br)ccc1F. The number of hydrogen-bond donors (Lipinski definition) is 4. The van der Waals surface area contributed by atoms with E-state index in [-0.39, 0.29) is 11.5 Å². The third-order valence-electron chi connectivity index (χ3n) is 2.65. The second-order valence-corrected chi connectivity index (χ2v) is 6.50. The van der Waals surface area contributed by atoms with Crippen molar-refractivity contribution in [3.63, 3.8) is 0 Å². The van der Waals surface area contributed by atoms with Gasteiger partial charge >= 0.3 is 0 Å². The second-order valence-electron chi connectivity index (χ2n) is 4.67. The summed E-state index contributed by atoms with van der Waals surface area (Å²) in [6, 6.07) is 10.00. The molecule has 0 saturated carbocycles. The van der Waals surface area contributed by atoms with E-state index in [4.69, 9.17) is 11.1 Å². The van der Waals surface area contributed by atoms with Crippen LogP contribution in [-0.4, -0.2) is 22.2 Å². The van der Waals surface area contributed by atoms with Crippen LogP contribution in [0.5, 0.6) is 0 Å². The third kappa shape index (κ3) is 7.53. The van der Waals surface area contributed by atoms with Gasteiger partial charge in [-0.3, -0.25) is 10.2 Å². The number of nitrogens with two attached hydrogens (primary N) is 3. The van der Waals surface area contributed by atoms with E-state index in [9.17, 15) is 9.18 Å². The molecule has 0 aliphatic carbocycles. The molecule has 0 radical (unpaired) electrons. The molecule has 0 amide bonds. The minimum atomic E-state index is -0.488. The number of guanidine groups is 1. The minimum absolute atomic E-state index is 0.0781. The molecular formula is C16H15Br2FN6O. The highest BCUT2D eigenvalue weighted by molar-refractivity contribution is 9.10. The number of nitrogens with one attached hydrogen (secondary N) is 1. The van der Waals surface area contributed by atoms with Gasteiger partial charge in [0.05, 0.1) is 11.1 Å². The minimum Gasteiger partial charge on any atom is -0.370 e. The molecule has 0 atom stereocenters. The second kappa shape index (κ2) is 10.4. The van der Waals surface area contributed by atoms with Gasteiger partial charge in [-0.25, -0.2) is 14.4 Å². The highest BCUT2D eigenvalue weighted by Gasteiger charge is 1.99. The molecule has 7 N–H and O–H groups in total. The molecule has 0 spiro atoms. The molecule has 1 heterocycles. The Bertz CT molecular complexity index is 877. The van der Waals surface area contributed by atoms with Gasteiger partial charge in [-0.05, 0) is 36.4 Å². The van der Waals surface area contributed by atoms with Crippen molar-refractivity contribution in [1.82, 2.24) is 9.97 Å². The summed E-state index contributed by atoms with van der Waals surface area (Å²) >= 11 is 6.48. The normalized spacial score (nSPS) is 9.35. The molecule has 3 aromatic rings. The fourth-order valence-electron chi connectivity index (χ4n) is 1.62. The van der Waals surface area contributed by atoms with Crippen LogP contribution in [0.1, 0.15) is 10.4 Å². The number of benzene rings is 2. The van der Waals surface area contributed by atoms with E-state index < -0.39 is 5.82 Å². The molecule has 0 saturated heterocycles. The van der Waals surface area contributed by atoms with E-state index in [1.165, 1.54) is 12.1 Å². The van der Waals surface area contributed by atoms with Gasteiger partial charge in [0.1, 0.15) is 5.82 Å². The predicted octanol–water partition coefficient (Wildman–Crippen LogP) is 3.21. The quantitative estimate of drug-likeness (QED) is 0.236. The van der Waals surface area contributed by atoms with Gasteiger partial charge in [-0.1, -0.05) is 31.9 Å². The first-order valence-corrected chi connectivity index (χ1v) is 8.49. The number of halogens is 3. The number of aromatic nitrogens is 2. The van der Waals surface area contributed by atoms with Gasteiger partial charge in [-0.15, -0.1) is 0 Å². The molecule has 0 aliphatic heterocycles. The Balaban J connectivity index is 0.000000220. The molecule has 7 nitrogen and oxygen atoms in total. The first-order chi connectivity index (χ1) is 12.2. The molecule has 136 valence electrons. The van der Waals surface area contributed by atoms with Gasteiger partial charge in [0.2, 0.25) is 5.95 Å². The zero-order valence-electron chi connectivity index (χ0n) is 13.3. The summed E-state index contributed by atoms with van der Waals surface area (Å²) < 4.78 is 14.2. The number of carbonyl (C=O) groups excluding carboxylic acids is 1. The van der Waals surface area contributed by atoms with Crippen LogP contribution < -0.4 is 17.2 Å². The average molecular weight is 486 g/mol. The maximum atomic E-state index is 12.5. The number of nitrogens with zero attached hydrogens (tertiary/aromatic N) is 2. The number of nitrogen functional groups attached to an aromatic ring is 1. The van der Waals surface area contributed by atoms with E-state index in [0.717, 1.165) is 15.4 Å². The van der Waals surface area contributed by atoms with E-state index in [1.54, 1.807) is 12.3 Å². The Morgan fingerprint density at radius 1 is 1.12 bits per heavy atom. The van der Waals surface area contributed by atoms with E-state index in [2.05, 4.69) is 53.3 Å². The van der Waals surface area contributed by atoms with Crippen molar-refractivity contribution in [2.24, 2.45) is 11.5 Å². The smallest absolute Gasteiger partial charge is 0.220 e. The predicted molar refractivity (Wildman–Crippen MR) is 107 cm³/mol. The van der Waals surface area contributed by atoms with Gasteiger partial charge in [0, 0.05) is 20.5 Å². The monoisotopic (exact) mass is 484 g/mol. The van der Waals surface area contributed by atoms with Crippen LogP contribution >= 0.6 is 31.9 Å². The van der Waals surface area contributed by atoms with Crippen LogP contribution in [0.4, 0.5) is 10.3 Å². The summed E-state index contributed by atoms with van der Waals surface area (Å²) in [5.41, 5.74) is 15.3. The van der Waals surface area contributed by atoms with Crippen molar-refractivity contribution >= 4 is 61.0 Å². The summed E-state index contributed by atoms with van der Waals surface area (Å²) in [5, 5.41) is 7.04. The van der Waals surface area contributed by atoms with Crippen LogP contribution in [-0.2, 0) is 0 Å². The molecular weight excluding hydrogens is 471 g/mol. The molecule has 26 heavy (non-hydrogen) atoms. The van der Waals surface area contributed by atoms with Crippen molar-refractivity contribution in [2.45, 2.75) is 0 Å². The summed E-state index contributed by atoms with van der Waals surface area (Å²) in [7, 11) is 0. The highest BCUT2D eigenvalue weighted by Crippen LogP contribution is 2.17. The standard InChI is InChI=1S/C8H6BrN3.C7H4BrFO.CH5N3/c9-6-1-2-7-5(3-6)4-11-8(10)12-7;8-6-1-2-7(9)5(3-6)4-10;2-1(3)4/h1-4H,(H2,10,11,12);1-4H;(H5,2,3,4). The first kappa shape index (κ1) is 21.5. The van der Waals surface area contributed by atoms with Crippen LogP contribution in [0.2, 0.25) is 0 Å². The molecule has 3 rings (SSSR count). The van der Waals surface area contributed by atoms with Crippen molar-refractivity contribution in [3.05, 3.63) is 62.9 Å². The number of anilines is 1. The zero-order valence-corrected chi connectivity index (χ0v) is 16.5. The van der Waals surface area contributed by atoms with Gasteiger partial charge in [-0.2, -0.15) is 0 Å². The fraction of sp³-hybridized carbons (Fsp3) is 0. The number of hydrogen-bond acceptors (Lipinski definition) is 5. The largest absolute Gasteiger partial charge is 0.370 e. The molecule has 0 fully saturated rings. The average Bonchev–Trinajstić information content (AvgIpc) is 2.57. The number of fused-ring (bicyclic) bond motifs is 1. The lowest BCUT2D eigenvalue weighted by molar-refractivity contribution is 0.111. The maximum Gasteiger partial charge on any atom is 0.220 e. The van der Waals surface area contributed by atoms with Gasteiger partial charge in [0.25, 0.3) is 0 Å². The molecule has 2 aromatic carbocycles. The number of rotatable bonds is 1. The first-order valence-electron chi connectivity index (χ1n) is 6.90. The van der Waals surface area contributed by atoms with Crippen molar-refractivity contribution in [1.29, 1.82) is 5.41 Å². The summed E-state index contributed by atoms with van der Waals surface area (Å²) in [6.07, 6.45) is 2.20. The van der Waals surface area contributed by atoms with Crippen molar-refractivity contribution in [2.75, 3.05) is 5.73 Å². The van der Waals surface area contributed by atoms with Gasteiger partial charge < -0.3 is 17.2 Å². The van der Waals surface area contributed by atoms with E-state index in [1.807, 2.05) is 18.2 Å². The lowest BCUT2D eigenvalue weighted by atomic mass is 10.2. The fourth-order valence-corrected chi connectivity index (χ4v) is 2.38. The van der Waals surface area contributed by atoms with Crippen molar-refractivity contribution in [3.8, 4) is 0 Å². The number of carbonyl (C=O) groups is 1. The van der Waals surface area contributed by atoms with Gasteiger partial charge in [0.15, 0.2) is 12.2 Å². The Labute approximate surface area is 165 Å². The maximum absolute atomic E-state index is 12.5. The van der Waals surface area contributed by atoms with Crippen LogP contribution in [0, 0.1) is 11.2 Å². The summed E-state index contributed by atoms with van der Waals surface area (Å²) in [5.74, 6) is -0.511. The molecule has 0 aliphatic rings. The van der Waals surface area contributed by atoms with Crippen LogP contribution in [0.15, 0.2) is 51.5 Å². The Kier molecular flexibility index (Phi) is 8.59. The molecule has 1 aromatic heterocycles. The number of aldehydes is 1. The van der Waals surface area contributed by atoms with E-state index in [0.29, 0.717) is 16.7 Å². The molecule has 10 heteroatoms. The van der Waals surface area contributed by atoms with Crippen molar-refractivity contribution < 1.29 is 9.18 Å². The lowest BCUT2D eigenvalue weighted by Crippen LogP contribution is -2.20. The zero-order chi connectivity index (χ0) is 19.7. The van der Waals surface area contributed by atoms with E-state index >= 15 is 0 Å². The Morgan fingerprint density at radius 2 is 1.69 bits per heavy atom. The topological polar surface area (TPSA) is 145 Å². The summed E-state index contributed by atoms with van der Waals surface area (Å²) in [4.78, 5) is 18.1. The van der Waals surface area contributed by atoms with Crippen LogP contribution in [0.3, 0.4) is 0 Å². The summed E-state index contributed by atoms with van der Waals surface area (Å²) in [6.45, 7) is 0. The van der Waals surface area contributed by atoms with Crippen LogP contribution in [0.25, 0.3) is 10.9 Å². The Morgan fingerprint density at radius 3 is 2.27 bits per heavy atom. The highest BCUT2D eigenvalue weighted by atomic mass is 79.9.